The summed E-state index contributed by atoms with van der Waals surface area (Å²) in [5.74, 6) is -0.481. The number of anilines is 1. The number of benzene rings is 1. The maximum Gasteiger partial charge on any atom is 0.336 e. The van der Waals surface area contributed by atoms with Crippen LogP contribution >= 0.6 is 31.3 Å². The second kappa shape index (κ2) is 12.6. The number of fused-ring (bicyclic) bond motifs is 2. The molecule has 5 rings (SSSR count). The maximum atomic E-state index is 12.2. The predicted octanol–water partition coefficient (Wildman–Crippen LogP) is -0.509. The van der Waals surface area contributed by atoms with E-state index in [0.717, 1.165) is 30.6 Å². The molecule has 0 radical (unpaired) electrons. The molecule has 22 nitrogen and oxygen atoms in total. The zero-order valence-electron chi connectivity index (χ0n) is 22.7. The van der Waals surface area contributed by atoms with Gasteiger partial charge in [0.25, 0.3) is 23.5 Å². The Bertz CT molecular complexity index is 2050. The quantitative estimate of drug-likeness (QED) is 0.137. The summed E-state index contributed by atoms with van der Waals surface area (Å²) in [7, 11) is -24.8. The Balaban J connectivity index is 1.17. The molecule has 1 saturated heterocycles. The van der Waals surface area contributed by atoms with Crippen molar-refractivity contribution in [3.63, 3.8) is 0 Å². The second-order valence-electron chi connectivity index (χ2n) is 9.34. The largest absolute Gasteiger partial charge is 0.756 e. The van der Waals surface area contributed by atoms with Crippen LogP contribution in [0.25, 0.3) is 22.1 Å². The predicted molar refractivity (Wildman–Crippen MR) is 142 cm³/mol. The Kier molecular flexibility index (Phi) is 9.44. The molecule has 1 aliphatic rings. The Labute approximate surface area is 255 Å². The number of imidazole rings is 1. The number of phosphoric ester groups is 2. The summed E-state index contributed by atoms with van der Waals surface area (Å²) in [6.07, 6.45) is -1.38. The molecule has 4 aromatic rings. The molecular weight excluding hydrogens is 706 g/mol. The van der Waals surface area contributed by atoms with Crippen molar-refractivity contribution in [2.24, 2.45) is 0 Å². The van der Waals surface area contributed by atoms with Crippen LogP contribution in [0.3, 0.4) is 0 Å². The number of phosphoric acid groups is 4. The number of rotatable bonds is 12. The average Bonchev–Trinajstić information content (AvgIpc) is 3.49. The van der Waals surface area contributed by atoms with E-state index in [9.17, 15) is 47.7 Å². The van der Waals surface area contributed by atoms with Gasteiger partial charge in [0.1, 0.15) is 35.5 Å². The first kappa shape index (κ1) is 34.4. The van der Waals surface area contributed by atoms with Crippen molar-refractivity contribution in [2.75, 3.05) is 12.3 Å². The van der Waals surface area contributed by atoms with Crippen LogP contribution in [0.2, 0.25) is 0 Å². The van der Waals surface area contributed by atoms with E-state index < -0.39 is 67.7 Å². The minimum absolute atomic E-state index is 0.0341. The van der Waals surface area contributed by atoms with E-state index in [0.29, 0.717) is 5.56 Å². The number of ether oxygens (including phenoxy) is 1. The number of aryl methyl sites for hydroxylation is 1. The number of hydrogen-bond donors (Lipinski definition) is 2. The molecule has 6 unspecified atom stereocenters. The van der Waals surface area contributed by atoms with E-state index >= 15 is 0 Å². The molecule has 0 amide bonds. The van der Waals surface area contributed by atoms with Gasteiger partial charge in [-0.2, -0.15) is 0 Å². The fourth-order valence-corrected chi connectivity index (χ4v) is 8.94. The number of nitrogens with zero attached hydrogens (tertiary/aromatic N) is 4. The third-order valence-corrected chi connectivity index (χ3v) is 11.7. The number of nitrogen functional groups attached to an aromatic ring is 1. The van der Waals surface area contributed by atoms with Crippen molar-refractivity contribution in [3.05, 3.63) is 52.9 Å². The molecule has 1 fully saturated rings. The highest BCUT2D eigenvalue weighted by Crippen LogP contribution is 2.66. The molecule has 46 heavy (non-hydrogen) atoms. The van der Waals surface area contributed by atoms with Crippen LogP contribution in [0, 0.1) is 6.92 Å². The number of aliphatic hydroxyl groups excluding tert-OH is 1. The molecule has 7 atom stereocenters. The smallest absolute Gasteiger partial charge is 0.336 e. The lowest BCUT2D eigenvalue weighted by Gasteiger charge is -2.36. The molecule has 3 aromatic heterocycles. The number of aromatic nitrogens is 4. The Morgan fingerprint density at radius 3 is 2.39 bits per heavy atom. The summed E-state index contributed by atoms with van der Waals surface area (Å²) >= 11 is 0. The fraction of sp³-hybridized carbons (Fsp3) is 0.300. The minimum atomic E-state index is -6.46. The van der Waals surface area contributed by atoms with Gasteiger partial charge < -0.3 is 48.6 Å². The highest BCUT2D eigenvalue weighted by molar-refractivity contribution is 7.68. The van der Waals surface area contributed by atoms with Crippen LogP contribution in [-0.2, 0) is 40.5 Å². The van der Waals surface area contributed by atoms with Gasteiger partial charge in [-0.3, -0.25) is 22.8 Å². The van der Waals surface area contributed by atoms with Crippen molar-refractivity contribution >= 4 is 59.2 Å². The van der Waals surface area contributed by atoms with Gasteiger partial charge in [0.05, 0.1) is 19.0 Å². The zero-order chi connectivity index (χ0) is 33.7. The number of nitrogens with two attached hydrogens (primary N) is 1. The monoisotopic (exact) mass is 725 g/mol. The first-order chi connectivity index (χ1) is 21.3. The van der Waals surface area contributed by atoms with Crippen LogP contribution in [0.1, 0.15) is 18.2 Å². The Morgan fingerprint density at radius 2 is 1.67 bits per heavy atom. The molecule has 26 heteroatoms. The molecule has 0 bridgehead atoms. The molecule has 0 spiro atoms. The van der Waals surface area contributed by atoms with E-state index in [1.165, 1.54) is 17.8 Å². The summed E-state index contributed by atoms with van der Waals surface area (Å²) in [5.41, 5.74) is 5.86. The second-order valence-corrected chi connectivity index (χ2v) is 15.3. The average molecular weight is 725 g/mol. The Hall–Kier alpha value is -2.90. The molecule has 1 aromatic carbocycles. The highest BCUT2D eigenvalue weighted by atomic mass is 31.3. The number of aliphatic hydroxyl groups is 1. The molecule has 0 aliphatic carbocycles. The minimum Gasteiger partial charge on any atom is -0.756 e. The van der Waals surface area contributed by atoms with Crippen LogP contribution in [0.4, 0.5) is 5.82 Å². The molecule has 250 valence electrons. The lowest BCUT2D eigenvalue weighted by Crippen LogP contribution is -2.27. The van der Waals surface area contributed by atoms with Crippen LogP contribution in [-0.4, -0.2) is 43.4 Å². The van der Waals surface area contributed by atoms with Crippen molar-refractivity contribution in [1.82, 2.24) is 19.5 Å². The van der Waals surface area contributed by atoms with E-state index in [1.807, 2.05) is 0 Å². The van der Waals surface area contributed by atoms with Crippen molar-refractivity contribution in [2.45, 2.75) is 31.8 Å². The standard InChI is InChI=1S/C20H23N5O17P4/c1-10-4-17(27)38-14-3-2-11(5-12(10)14)39-44(30,31)41-46(34,35)42-45(32,33)40-43(28,29)36-7-15-13(26)6-16(37-15)25-9-24-18-19(21)22-8-23-20(18)25/h2-5,8-9,13,15-16,26H,6-7H2,1H3,(H,28,29)(H,30,31)(H,32,33)(H,34,35)(H2,21,22,23)/p-4/t13?,15-,16?/m1/s1. The van der Waals surface area contributed by atoms with Crippen LogP contribution in [0.5, 0.6) is 5.75 Å². The van der Waals surface area contributed by atoms with Gasteiger partial charge in [0.15, 0.2) is 11.5 Å². The van der Waals surface area contributed by atoms with E-state index in [2.05, 4.69) is 36.9 Å². The lowest BCUT2D eigenvalue weighted by molar-refractivity contribution is -0.253. The third-order valence-electron chi connectivity index (χ3n) is 6.04. The summed E-state index contributed by atoms with van der Waals surface area (Å²) in [6.45, 7) is 0.460. The topological polar surface area (TPSA) is 336 Å². The van der Waals surface area contributed by atoms with Gasteiger partial charge in [0.2, 0.25) is 0 Å². The van der Waals surface area contributed by atoms with Gasteiger partial charge in [-0.05, 0) is 30.7 Å². The third kappa shape index (κ3) is 8.14. The lowest BCUT2D eigenvalue weighted by atomic mass is 10.1. The molecule has 1 aliphatic heterocycles. The molecule has 3 N–H and O–H groups in total. The van der Waals surface area contributed by atoms with E-state index in [1.54, 1.807) is 0 Å². The summed E-state index contributed by atoms with van der Waals surface area (Å²) in [4.78, 5) is 71.7. The summed E-state index contributed by atoms with van der Waals surface area (Å²) in [6, 6.07) is 4.20. The van der Waals surface area contributed by atoms with Gasteiger partial charge in [-0.15, -0.1) is 0 Å². The molecule has 4 heterocycles. The van der Waals surface area contributed by atoms with Crippen LogP contribution in [0.15, 0.2) is 46.1 Å². The van der Waals surface area contributed by atoms with E-state index in [4.69, 9.17) is 14.9 Å². The number of hydrogen-bond acceptors (Lipinski definition) is 21. The normalized spacial score (nSPS) is 23.8. The van der Waals surface area contributed by atoms with Gasteiger partial charge in [-0.1, -0.05) is 0 Å². The first-order valence-corrected chi connectivity index (χ1v) is 18.2. The van der Waals surface area contributed by atoms with Gasteiger partial charge >= 0.3 is 13.4 Å². The van der Waals surface area contributed by atoms with Gasteiger partial charge in [-0.25, -0.2) is 32.7 Å². The Morgan fingerprint density at radius 1 is 1.00 bits per heavy atom. The fourth-order valence-electron chi connectivity index (χ4n) is 4.20. The van der Waals surface area contributed by atoms with Crippen molar-refractivity contribution in [3.8, 4) is 5.75 Å². The van der Waals surface area contributed by atoms with Crippen LogP contribution < -0.4 is 35.5 Å². The van der Waals surface area contributed by atoms with Crippen molar-refractivity contribution in [1.29, 1.82) is 0 Å². The maximum absolute atomic E-state index is 12.2. The van der Waals surface area contributed by atoms with E-state index in [-0.39, 0.29) is 34.4 Å². The first-order valence-electron chi connectivity index (χ1n) is 12.4. The zero-order valence-corrected chi connectivity index (χ0v) is 26.3. The molecular formula is C20H19N5O17P4-4. The summed E-state index contributed by atoms with van der Waals surface area (Å²) in [5, 5.41) is 10.5. The summed E-state index contributed by atoms with van der Waals surface area (Å²) < 4.78 is 80.0. The molecule has 0 saturated carbocycles. The van der Waals surface area contributed by atoms with Gasteiger partial charge in [0, 0.05) is 17.9 Å². The SMILES string of the molecule is Cc1cc(=O)oc2ccc(OP(=O)([O-])OP(=O)([O-])OP(=O)([O-])OP(=O)([O-])OC[C@H]3OC(n4cnc5c(N)ncnc54)CC3O)cc12. The van der Waals surface area contributed by atoms with Crippen molar-refractivity contribution < 1.29 is 74.1 Å². The highest BCUT2D eigenvalue weighted by Gasteiger charge is 2.37.